The van der Waals surface area contributed by atoms with Crippen LogP contribution in [0.15, 0.2) is 24.7 Å². The Morgan fingerprint density at radius 3 is 2.93 bits per heavy atom. The second kappa shape index (κ2) is 7.84. The molecular formula is C20H30N6O. The second-order valence-electron chi connectivity index (χ2n) is 8.01. The first kappa shape index (κ1) is 18.2. The van der Waals surface area contributed by atoms with Gasteiger partial charge in [-0.05, 0) is 37.7 Å². The summed E-state index contributed by atoms with van der Waals surface area (Å²) in [6.45, 7) is 6.28. The molecule has 0 aromatic carbocycles. The van der Waals surface area contributed by atoms with Gasteiger partial charge in [0.2, 0.25) is 5.95 Å². The molecule has 3 atom stereocenters. The summed E-state index contributed by atoms with van der Waals surface area (Å²) in [6, 6.07) is 2.56. The van der Waals surface area contributed by atoms with Gasteiger partial charge in [0.25, 0.3) is 0 Å². The lowest BCUT2D eigenvalue weighted by atomic mass is 9.94. The molecule has 0 amide bonds. The van der Waals surface area contributed by atoms with E-state index in [0.717, 1.165) is 50.6 Å². The number of hydrogen-bond acceptors (Lipinski definition) is 6. The van der Waals surface area contributed by atoms with Crippen molar-refractivity contribution in [3.05, 3.63) is 30.2 Å². The molecule has 7 heteroatoms. The maximum atomic E-state index is 6.01. The molecule has 0 spiro atoms. The molecule has 2 aliphatic rings. The summed E-state index contributed by atoms with van der Waals surface area (Å²) < 4.78 is 7.87. The molecule has 2 aromatic rings. The summed E-state index contributed by atoms with van der Waals surface area (Å²) >= 11 is 0. The Morgan fingerprint density at radius 2 is 2.15 bits per heavy atom. The summed E-state index contributed by atoms with van der Waals surface area (Å²) in [4.78, 5) is 11.7. The van der Waals surface area contributed by atoms with Gasteiger partial charge in [0.1, 0.15) is 5.82 Å². The normalized spacial score (nSPS) is 25.9. The number of rotatable bonds is 5. The molecule has 27 heavy (non-hydrogen) atoms. The highest BCUT2D eigenvalue weighted by molar-refractivity contribution is 5.45. The lowest BCUT2D eigenvalue weighted by Gasteiger charge is -2.35. The fraction of sp³-hybridized carbons (Fsp3) is 0.650. The van der Waals surface area contributed by atoms with Crippen LogP contribution < -0.4 is 10.2 Å². The van der Waals surface area contributed by atoms with Gasteiger partial charge >= 0.3 is 0 Å². The Bertz CT molecular complexity index is 760. The van der Waals surface area contributed by atoms with Gasteiger partial charge in [0.15, 0.2) is 0 Å². The van der Waals surface area contributed by atoms with Crippen LogP contribution in [0.4, 0.5) is 11.8 Å². The molecule has 0 radical (unpaired) electrons. The molecular weight excluding hydrogens is 340 g/mol. The van der Waals surface area contributed by atoms with Crippen LogP contribution in [0.5, 0.6) is 0 Å². The standard InChI is InChI=1S/C20H30N6O/c1-14(2)19-16(6-5-11-27-19)23-18-8-9-21-20(24-18)26-10-4-7-17(26)15-12-22-25(3)13-15/h8-9,12-14,16-17,19H,4-7,10-11H2,1-3H3,(H,21,23,24)/t16-,17-,19+/m1/s1. The van der Waals surface area contributed by atoms with Crippen LogP contribution in [0.1, 0.15) is 51.1 Å². The Balaban J connectivity index is 1.52. The number of hydrogen-bond donors (Lipinski definition) is 1. The molecule has 1 N–H and O–H groups in total. The van der Waals surface area contributed by atoms with Gasteiger partial charge in [0.05, 0.1) is 24.4 Å². The Hall–Kier alpha value is -2.15. The minimum atomic E-state index is 0.229. The number of ether oxygens (including phenoxy) is 1. The third-order valence-electron chi connectivity index (χ3n) is 5.62. The zero-order chi connectivity index (χ0) is 18.8. The molecule has 0 bridgehead atoms. The monoisotopic (exact) mass is 370 g/mol. The number of anilines is 2. The zero-order valence-corrected chi connectivity index (χ0v) is 16.5. The first-order chi connectivity index (χ1) is 13.1. The molecule has 0 unspecified atom stereocenters. The quantitative estimate of drug-likeness (QED) is 0.872. The van der Waals surface area contributed by atoms with E-state index >= 15 is 0 Å². The lowest BCUT2D eigenvalue weighted by molar-refractivity contribution is -0.0203. The van der Waals surface area contributed by atoms with Gasteiger partial charge in [-0.2, -0.15) is 10.1 Å². The van der Waals surface area contributed by atoms with Gasteiger partial charge in [-0.1, -0.05) is 13.8 Å². The molecule has 2 fully saturated rings. The smallest absolute Gasteiger partial charge is 0.227 e. The molecule has 2 aliphatic heterocycles. The van der Waals surface area contributed by atoms with E-state index in [0.29, 0.717) is 18.0 Å². The van der Waals surface area contributed by atoms with Crippen molar-refractivity contribution in [1.29, 1.82) is 0 Å². The maximum Gasteiger partial charge on any atom is 0.227 e. The topological polar surface area (TPSA) is 68.1 Å². The van der Waals surface area contributed by atoms with E-state index in [9.17, 15) is 0 Å². The molecule has 2 aromatic heterocycles. The number of aromatic nitrogens is 4. The van der Waals surface area contributed by atoms with E-state index in [-0.39, 0.29) is 6.10 Å². The Labute approximate surface area is 161 Å². The summed E-state index contributed by atoms with van der Waals surface area (Å²) in [6.07, 6.45) is 10.6. The molecule has 7 nitrogen and oxygen atoms in total. The third-order valence-corrected chi connectivity index (χ3v) is 5.62. The van der Waals surface area contributed by atoms with Crippen LogP contribution in [0.25, 0.3) is 0 Å². The van der Waals surface area contributed by atoms with E-state index < -0.39 is 0 Å². The molecule has 4 rings (SSSR count). The van der Waals surface area contributed by atoms with Crippen molar-refractivity contribution in [3.8, 4) is 0 Å². The average Bonchev–Trinajstić information content (AvgIpc) is 3.31. The molecule has 4 heterocycles. The van der Waals surface area contributed by atoms with Crippen LogP contribution in [0, 0.1) is 5.92 Å². The van der Waals surface area contributed by atoms with E-state index in [4.69, 9.17) is 9.72 Å². The van der Waals surface area contributed by atoms with Crippen LogP contribution in [-0.4, -0.2) is 45.0 Å². The summed E-state index contributed by atoms with van der Waals surface area (Å²) in [7, 11) is 1.96. The largest absolute Gasteiger partial charge is 0.376 e. The fourth-order valence-electron chi connectivity index (χ4n) is 4.34. The SMILES string of the molecule is CC(C)[C@@H]1OCCC[C@H]1Nc1ccnc(N2CCC[C@@H]2c2cnn(C)c2)n1. The summed E-state index contributed by atoms with van der Waals surface area (Å²) in [5.41, 5.74) is 1.23. The van der Waals surface area contributed by atoms with Gasteiger partial charge < -0.3 is 15.0 Å². The molecule has 146 valence electrons. The summed E-state index contributed by atoms with van der Waals surface area (Å²) in [5.74, 6) is 2.17. The Morgan fingerprint density at radius 1 is 1.26 bits per heavy atom. The van der Waals surface area contributed by atoms with Gasteiger partial charge in [-0.15, -0.1) is 0 Å². The highest BCUT2D eigenvalue weighted by atomic mass is 16.5. The maximum absolute atomic E-state index is 6.01. The van der Waals surface area contributed by atoms with Crippen LogP contribution in [-0.2, 0) is 11.8 Å². The number of nitrogens with one attached hydrogen (secondary N) is 1. The van der Waals surface area contributed by atoms with Crippen LogP contribution >= 0.6 is 0 Å². The van der Waals surface area contributed by atoms with Crippen LogP contribution in [0.3, 0.4) is 0 Å². The zero-order valence-electron chi connectivity index (χ0n) is 16.5. The van der Waals surface area contributed by atoms with Crippen molar-refractivity contribution in [2.45, 2.75) is 57.7 Å². The van der Waals surface area contributed by atoms with Gasteiger partial charge in [-0.3, -0.25) is 4.68 Å². The highest BCUT2D eigenvalue weighted by Crippen LogP contribution is 2.34. The van der Waals surface area contributed by atoms with E-state index in [1.54, 1.807) is 0 Å². The van der Waals surface area contributed by atoms with E-state index in [2.05, 4.69) is 40.3 Å². The van der Waals surface area contributed by atoms with Gasteiger partial charge in [-0.25, -0.2) is 4.98 Å². The van der Waals surface area contributed by atoms with Crippen molar-refractivity contribution >= 4 is 11.8 Å². The second-order valence-corrected chi connectivity index (χ2v) is 8.01. The van der Waals surface area contributed by atoms with E-state index in [1.807, 2.05) is 30.2 Å². The molecule has 0 saturated carbocycles. The average molecular weight is 371 g/mol. The Kier molecular flexibility index (Phi) is 5.29. The fourth-order valence-corrected chi connectivity index (χ4v) is 4.34. The predicted molar refractivity (Wildman–Crippen MR) is 106 cm³/mol. The van der Waals surface area contributed by atoms with Gasteiger partial charge in [0, 0.05) is 38.2 Å². The van der Waals surface area contributed by atoms with E-state index in [1.165, 1.54) is 5.56 Å². The summed E-state index contributed by atoms with van der Waals surface area (Å²) in [5, 5.41) is 7.95. The minimum absolute atomic E-state index is 0.229. The highest BCUT2D eigenvalue weighted by Gasteiger charge is 2.31. The van der Waals surface area contributed by atoms with Crippen molar-refractivity contribution in [2.24, 2.45) is 13.0 Å². The van der Waals surface area contributed by atoms with Crippen molar-refractivity contribution < 1.29 is 4.74 Å². The van der Waals surface area contributed by atoms with Crippen molar-refractivity contribution in [1.82, 2.24) is 19.7 Å². The predicted octanol–water partition coefficient (Wildman–Crippen LogP) is 3.17. The number of aryl methyl sites for hydroxylation is 1. The first-order valence-corrected chi connectivity index (χ1v) is 10.1. The van der Waals surface area contributed by atoms with Crippen LogP contribution in [0.2, 0.25) is 0 Å². The number of nitrogens with zero attached hydrogens (tertiary/aromatic N) is 5. The van der Waals surface area contributed by atoms with Crippen molar-refractivity contribution in [3.63, 3.8) is 0 Å². The molecule has 0 aliphatic carbocycles. The first-order valence-electron chi connectivity index (χ1n) is 10.1. The third kappa shape index (κ3) is 3.93. The lowest BCUT2D eigenvalue weighted by Crippen LogP contribution is -2.43. The minimum Gasteiger partial charge on any atom is -0.376 e. The van der Waals surface area contributed by atoms with Crippen molar-refractivity contribution in [2.75, 3.05) is 23.4 Å². The molecule has 2 saturated heterocycles.